The van der Waals surface area contributed by atoms with E-state index in [4.69, 9.17) is 4.74 Å². The molecular formula is C15H18N2O2S. The van der Waals surface area contributed by atoms with Crippen LogP contribution in [0.3, 0.4) is 0 Å². The molecule has 0 fully saturated rings. The molecule has 1 N–H and O–H groups in total. The Morgan fingerprint density at radius 3 is 3.05 bits per heavy atom. The predicted octanol–water partition coefficient (Wildman–Crippen LogP) is 2.44. The molecule has 4 nitrogen and oxygen atoms in total. The van der Waals surface area contributed by atoms with Crippen LogP contribution in [0.1, 0.15) is 17.0 Å². The molecule has 1 aromatic carbocycles. The van der Waals surface area contributed by atoms with Gasteiger partial charge in [-0.1, -0.05) is 12.1 Å². The number of thiazole rings is 1. The summed E-state index contributed by atoms with van der Waals surface area (Å²) in [6.07, 6.45) is 3.77. The lowest BCUT2D eigenvalue weighted by Crippen LogP contribution is -2.25. The molecule has 0 bridgehead atoms. The molecule has 1 heterocycles. The van der Waals surface area contributed by atoms with Gasteiger partial charge in [0.15, 0.2) is 0 Å². The van der Waals surface area contributed by atoms with Crippen LogP contribution in [-0.4, -0.2) is 24.5 Å². The summed E-state index contributed by atoms with van der Waals surface area (Å²) in [7, 11) is 1.65. The van der Waals surface area contributed by atoms with E-state index in [-0.39, 0.29) is 5.91 Å². The molecule has 0 aliphatic rings. The summed E-state index contributed by atoms with van der Waals surface area (Å²) in [5.74, 6) is 0.917. The van der Waals surface area contributed by atoms with Crippen LogP contribution in [0.2, 0.25) is 0 Å². The molecule has 1 aromatic heterocycles. The minimum absolute atomic E-state index is 0.0723. The molecule has 2 aromatic rings. The number of rotatable bonds is 7. The lowest BCUT2D eigenvalue weighted by atomic mass is 10.1. The highest BCUT2D eigenvalue weighted by Crippen LogP contribution is 2.12. The predicted molar refractivity (Wildman–Crippen MR) is 80.1 cm³/mol. The van der Waals surface area contributed by atoms with Gasteiger partial charge >= 0.3 is 0 Å². The zero-order valence-corrected chi connectivity index (χ0v) is 12.3. The fraction of sp³-hybridized carbons (Fsp3) is 0.333. The van der Waals surface area contributed by atoms with E-state index in [0.29, 0.717) is 19.4 Å². The van der Waals surface area contributed by atoms with Crippen molar-refractivity contribution in [3.05, 3.63) is 46.4 Å². The summed E-state index contributed by atoms with van der Waals surface area (Å²) >= 11 is 1.58. The zero-order valence-electron chi connectivity index (χ0n) is 11.5. The number of nitrogens with zero attached hydrogens (tertiary/aromatic N) is 1. The van der Waals surface area contributed by atoms with Crippen molar-refractivity contribution in [1.29, 1.82) is 0 Å². The number of aryl methyl sites for hydroxylation is 1. The van der Waals surface area contributed by atoms with Crippen LogP contribution in [0.5, 0.6) is 5.75 Å². The number of hydrogen-bond donors (Lipinski definition) is 1. The lowest BCUT2D eigenvalue weighted by molar-refractivity contribution is -0.121. The van der Waals surface area contributed by atoms with Gasteiger partial charge in [0.1, 0.15) is 5.75 Å². The Kier molecular flexibility index (Phi) is 5.55. The quantitative estimate of drug-likeness (QED) is 0.852. The van der Waals surface area contributed by atoms with Crippen LogP contribution < -0.4 is 10.1 Å². The Bertz CT molecular complexity index is 541. The number of carbonyl (C=O) groups excluding carboxylic acids is 1. The van der Waals surface area contributed by atoms with Crippen LogP contribution in [0, 0.1) is 0 Å². The summed E-state index contributed by atoms with van der Waals surface area (Å²) < 4.78 is 5.17. The molecule has 0 spiro atoms. The Hall–Kier alpha value is -1.88. The second-order valence-electron chi connectivity index (χ2n) is 4.38. The molecule has 0 unspecified atom stereocenters. The average molecular weight is 290 g/mol. The second-order valence-corrected chi connectivity index (χ2v) is 5.36. The normalized spacial score (nSPS) is 10.2. The topological polar surface area (TPSA) is 51.2 Å². The minimum Gasteiger partial charge on any atom is -0.497 e. The van der Waals surface area contributed by atoms with E-state index in [2.05, 4.69) is 10.3 Å². The SMILES string of the molecule is COc1cccc(CCNC(=O)CCc2nccs2)c1. The van der Waals surface area contributed by atoms with E-state index in [1.807, 2.05) is 29.6 Å². The van der Waals surface area contributed by atoms with Gasteiger partial charge in [0, 0.05) is 31.0 Å². The van der Waals surface area contributed by atoms with Gasteiger partial charge in [0.25, 0.3) is 0 Å². The molecule has 0 aliphatic carbocycles. The molecule has 2 rings (SSSR count). The highest BCUT2D eigenvalue weighted by atomic mass is 32.1. The maximum atomic E-state index is 11.7. The number of hydrogen-bond acceptors (Lipinski definition) is 4. The Balaban J connectivity index is 1.68. The molecule has 20 heavy (non-hydrogen) atoms. The summed E-state index contributed by atoms with van der Waals surface area (Å²) in [6.45, 7) is 0.643. The van der Waals surface area contributed by atoms with Crippen molar-refractivity contribution in [1.82, 2.24) is 10.3 Å². The van der Waals surface area contributed by atoms with Gasteiger partial charge in [-0.2, -0.15) is 0 Å². The van der Waals surface area contributed by atoms with Crippen molar-refractivity contribution in [2.45, 2.75) is 19.3 Å². The van der Waals surface area contributed by atoms with Crippen LogP contribution in [0.4, 0.5) is 0 Å². The van der Waals surface area contributed by atoms with Gasteiger partial charge in [-0.15, -0.1) is 11.3 Å². The first-order valence-electron chi connectivity index (χ1n) is 6.56. The van der Waals surface area contributed by atoms with Gasteiger partial charge < -0.3 is 10.1 Å². The third-order valence-corrected chi connectivity index (χ3v) is 3.76. The number of aromatic nitrogens is 1. The Morgan fingerprint density at radius 2 is 2.30 bits per heavy atom. The number of nitrogens with one attached hydrogen (secondary N) is 1. The molecule has 0 saturated carbocycles. The molecule has 5 heteroatoms. The number of ether oxygens (including phenoxy) is 1. The third-order valence-electron chi connectivity index (χ3n) is 2.92. The average Bonchev–Trinajstić information content (AvgIpc) is 2.99. The first kappa shape index (κ1) is 14.5. The van der Waals surface area contributed by atoms with Crippen molar-refractivity contribution in [3.63, 3.8) is 0 Å². The summed E-state index contributed by atoms with van der Waals surface area (Å²) in [5.41, 5.74) is 1.16. The van der Waals surface area contributed by atoms with Gasteiger partial charge in [0.05, 0.1) is 12.1 Å². The van der Waals surface area contributed by atoms with E-state index >= 15 is 0 Å². The van der Waals surface area contributed by atoms with E-state index in [0.717, 1.165) is 22.7 Å². The van der Waals surface area contributed by atoms with E-state index in [1.165, 1.54) is 0 Å². The van der Waals surface area contributed by atoms with Crippen molar-refractivity contribution >= 4 is 17.2 Å². The van der Waals surface area contributed by atoms with Gasteiger partial charge in [0.2, 0.25) is 5.91 Å². The number of methoxy groups -OCH3 is 1. The van der Waals surface area contributed by atoms with Crippen molar-refractivity contribution < 1.29 is 9.53 Å². The maximum Gasteiger partial charge on any atom is 0.220 e. The van der Waals surface area contributed by atoms with Crippen LogP contribution in [-0.2, 0) is 17.6 Å². The van der Waals surface area contributed by atoms with E-state index in [9.17, 15) is 4.79 Å². The third kappa shape index (κ3) is 4.66. The van der Waals surface area contributed by atoms with Crippen LogP contribution in [0.25, 0.3) is 0 Å². The van der Waals surface area contributed by atoms with Gasteiger partial charge in [-0.05, 0) is 24.1 Å². The molecule has 0 saturated heterocycles. The van der Waals surface area contributed by atoms with Crippen molar-refractivity contribution in [2.75, 3.05) is 13.7 Å². The smallest absolute Gasteiger partial charge is 0.220 e. The first-order valence-corrected chi connectivity index (χ1v) is 7.44. The largest absolute Gasteiger partial charge is 0.497 e. The van der Waals surface area contributed by atoms with Gasteiger partial charge in [-0.3, -0.25) is 4.79 Å². The number of benzene rings is 1. The summed E-state index contributed by atoms with van der Waals surface area (Å²) in [6, 6.07) is 7.89. The fourth-order valence-electron chi connectivity index (χ4n) is 1.86. The minimum atomic E-state index is 0.0723. The molecule has 0 radical (unpaired) electrons. The van der Waals surface area contributed by atoms with Crippen LogP contribution >= 0.6 is 11.3 Å². The number of carbonyl (C=O) groups is 1. The van der Waals surface area contributed by atoms with E-state index in [1.54, 1.807) is 24.6 Å². The fourth-order valence-corrected chi connectivity index (χ4v) is 2.48. The highest BCUT2D eigenvalue weighted by molar-refractivity contribution is 7.09. The monoisotopic (exact) mass is 290 g/mol. The Labute approximate surface area is 122 Å². The van der Waals surface area contributed by atoms with E-state index < -0.39 is 0 Å². The standard InChI is InChI=1S/C15H18N2O2S/c1-19-13-4-2-3-12(11-13)7-8-16-14(18)5-6-15-17-9-10-20-15/h2-4,9-11H,5-8H2,1H3,(H,16,18). The molecule has 0 aliphatic heterocycles. The maximum absolute atomic E-state index is 11.7. The second kappa shape index (κ2) is 7.65. The van der Waals surface area contributed by atoms with Crippen molar-refractivity contribution in [3.8, 4) is 5.75 Å². The number of amides is 1. The molecular weight excluding hydrogens is 272 g/mol. The zero-order chi connectivity index (χ0) is 14.2. The molecule has 106 valence electrons. The first-order chi connectivity index (χ1) is 9.78. The van der Waals surface area contributed by atoms with Crippen LogP contribution in [0.15, 0.2) is 35.8 Å². The van der Waals surface area contributed by atoms with Crippen molar-refractivity contribution in [2.24, 2.45) is 0 Å². The lowest BCUT2D eigenvalue weighted by Gasteiger charge is -2.06. The summed E-state index contributed by atoms with van der Waals surface area (Å²) in [4.78, 5) is 15.9. The van der Waals surface area contributed by atoms with Gasteiger partial charge in [-0.25, -0.2) is 4.98 Å². The molecule has 1 amide bonds. The molecule has 0 atom stereocenters. The Morgan fingerprint density at radius 1 is 1.40 bits per heavy atom. The summed E-state index contributed by atoms with van der Waals surface area (Å²) in [5, 5.41) is 5.86. The highest BCUT2D eigenvalue weighted by Gasteiger charge is 2.03.